The second kappa shape index (κ2) is 6.17. The van der Waals surface area contributed by atoms with Gasteiger partial charge in [0.05, 0.1) is 17.5 Å². The Morgan fingerprint density at radius 3 is 2.65 bits per heavy atom. The lowest BCUT2D eigenvalue weighted by Crippen LogP contribution is -2.54. The summed E-state index contributed by atoms with van der Waals surface area (Å²) in [5.74, 6) is -2.00. The number of aryl methyl sites for hydroxylation is 1. The van der Waals surface area contributed by atoms with Gasteiger partial charge < -0.3 is 5.32 Å². The first-order chi connectivity index (χ1) is 14.9. The predicted octanol–water partition coefficient (Wildman–Crippen LogP) is 3.39. The summed E-state index contributed by atoms with van der Waals surface area (Å²) in [7, 11) is 0. The summed E-state index contributed by atoms with van der Waals surface area (Å²) in [5, 5.41) is 3.56. The van der Waals surface area contributed by atoms with Crippen LogP contribution in [0.1, 0.15) is 29.5 Å². The number of carbonyl (C=O) groups is 3. The molecule has 0 bridgehead atoms. The monoisotopic (exact) mass is 435 g/mol. The molecule has 4 aliphatic heterocycles. The highest BCUT2D eigenvalue weighted by atomic mass is 35.5. The van der Waals surface area contributed by atoms with Crippen LogP contribution in [0.3, 0.4) is 0 Å². The second-order valence-electron chi connectivity index (χ2n) is 9.02. The van der Waals surface area contributed by atoms with Crippen LogP contribution in [0.2, 0.25) is 5.02 Å². The summed E-state index contributed by atoms with van der Waals surface area (Å²) in [6.45, 7) is 4.47. The normalized spacial score (nSPS) is 31.4. The van der Waals surface area contributed by atoms with Gasteiger partial charge in [-0.05, 0) is 56.5 Å². The van der Waals surface area contributed by atoms with Gasteiger partial charge in [0.1, 0.15) is 5.54 Å². The first-order valence-corrected chi connectivity index (χ1v) is 11.1. The summed E-state index contributed by atoms with van der Waals surface area (Å²) in [5.41, 5.74) is 2.62. The highest BCUT2D eigenvalue weighted by Crippen LogP contribution is 2.61. The van der Waals surface area contributed by atoms with Crippen molar-refractivity contribution in [2.75, 3.05) is 16.8 Å². The van der Waals surface area contributed by atoms with Crippen molar-refractivity contribution in [3.63, 3.8) is 0 Å². The zero-order chi connectivity index (χ0) is 21.7. The van der Waals surface area contributed by atoms with Crippen LogP contribution in [-0.4, -0.2) is 35.2 Å². The zero-order valence-corrected chi connectivity index (χ0v) is 18.1. The number of halogens is 1. The molecule has 0 radical (unpaired) electrons. The lowest BCUT2D eigenvalue weighted by molar-refractivity contribution is -0.135. The number of nitrogens with zero attached hydrogens (tertiary/aromatic N) is 2. The SMILES string of the molecule is Cc1cccc2c1NC(=O)[C@@]21[C@@H]2C(=O)N(c3cccc(Cl)c3C)C(=O)[C@@H]2[C@H]2CCCN21. The molecule has 3 saturated heterocycles. The van der Waals surface area contributed by atoms with Crippen molar-refractivity contribution in [1.82, 2.24) is 4.90 Å². The Morgan fingerprint density at radius 1 is 1.06 bits per heavy atom. The highest BCUT2D eigenvalue weighted by molar-refractivity contribution is 6.32. The number of benzene rings is 2. The maximum atomic E-state index is 13.9. The Bertz CT molecular complexity index is 1190. The van der Waals surface area contributed by atoms with Crippen LogP contribution in [0.25, 0.3) is 0 Å². The van der Waals surface area contributed by atoms with Crippen LogP contribution >= 0.6 is 11.6 Å². The smallest absolute Gasteiger partial charge is 0.250 e. The van der Waals surface area contributed by atoms with E-state index in [0.29, 0.717) is 22.8 Å². The van der Waals surface area contributed by atoms with E-state index in [0.717, 1.165) is 29.7 Å². The molecule has 2 aromatic rings. The second-order valence-corrected chi connectivity index (χ2v) is 9.43. The standard InChI is InChI=1S/C24H22ClN3O3/c1-12-6-3-7-14-20(12)26-23(31)24(14)19-18(17-10-5-11-27(17)24)21(29)28(22(19)30)16-9-4-8-15(25)13(16)2/h3-4,6-9,17-19H,5,10-11H2,1-2H3,(H,26,31)/t17-,18-,19+,24+/m1/s1. The molecule has 158 valence electrons. The molecule has 7 heteroatoms. The van der Waals surface area contributed by atoms with Gasteiger partial charge in [0.15, 0.2) is 0 Å². The van der Waals surface area contributed by atoms with Gasteiger partial charge in [-0.3, -0.25) is 19.3 Å². The quantitative estimate of drug-likeness (QED) is 0.697. The van der Waals surface area contributed by atoms with Crippen molar-refractivity contribution < 1.29 is 14.4 Å². The van der Waals surface area contributed by atoms with E-state index in [2.05, 4.69) is 10.2 Å². The minimum absolute atomic E-state index is 0.122. The third-order valence-corrected chi connectivity index (χ3v) is 8.13. The molecular formula is C24H22ClN3O3. The number of nitrogens with one attached hydrogen (secondary N) is 1. The van der Waals surface area contributed by atoms with E-state index < -0.39 is 17.4 Å². The summed E-state index contributed by atoms with van der Waals surface area (Å²) in [6.07, 6.45) is 1.71. The Hall–Kier alpha value is -2.70. The summed E-state index contributed by atoms with van der Waals surface area (Å²) >= 11 is 6.30. The first kappa shape index (κ1) is 19.0. The highest BCUT2D eigenvalue weighted by Gasteiger charge is 2.74. The lowest BCUT2D eigenvalue weighted by atomic mass is 9.75. The molecule has 3 amide bonds. The number of hydrogen-bond acceptors (Lipinski definition) is 4. The topological polar surface area (TPSA) is 69.7 Å². The van der Waals surface area contributed by atoms with E-state index in [9.17, 15) is 14.4 Å². The number of imide groups is 1. The van der Waals surface area contributed by atoms with Crippen LogP contribution in [-0.2, 0) is 19.9 Å². The van der Waals surface area contributed by atoms with E-state index in [-0.39, 0.29) is 23.8 Å². The predicted molar refractivity (Wildman–Crippen MR) is 117 cm³/mol. The van der Waals surface area contributed by atoms with Crippen molar-refractivity contribution in [3.8, 4) is 0 Å². The molecule has 31 heavy (non-hydrogen) atoms. The minimum Gasteiger partial charge on any atom is -0.324 e. The maximum Gasteiger partial charge on any atom is 0.250 e. The number of para-hydroxylation sites is 1. The van der Waals surface area contributed by atoms with Gasteiger partial charge >= 0.3 is 0 Å². The molecule has 0 aliphatic carbocycles. The Kier molecular flexibility index (Phi) is 3.79. The van der Waals surface area contributed by atoms with Gasteiger partial charge in [-0.2, -0.15) is 0 Å². The number of rotatable bonds is 1. The summed E-state index contributed by atoms with van der Waals surface area (Å²) < 4.78 is 0. The molecule has 1 N–H and O–H groups in total. The molecule has 2 aromatic carbocycles. The van der Waals surface area contributed by atoms with Crippen LogP contribution in [0.15, 0.2) is 36.4 Å². The fourth-order valence-corrected chi connectivity index (χ4v) is 6.62. The van der Waals surface area contributed by atoms with Crippen molar-refractivity contribution >= 4 is 40.7 Å². The average molecular weight is 436 g/mol. The molecule has 6 nitrogen and oxygen atoms in total. The molecule has 0 unspecified atom stereocenters. The maximum absolute atomic E-state index is 13.9. The number of amides is 3. The molecule has 4 atom stereocenters. The van der Waals surface area contributed by atoms with Crippen LogP contribution in [0, 0.1) is 25.7 Å². The molecule has 4 heterocycles. The van der Waals surface area contributed by atoms with E-state index in [1.807, 2.05) is 32.0 Å². The van der Waals surface area contributed by atoms with Gasteiger partial charge in [0, 0.05) is 22.3 Å². The number of hydrogen-bond donors (Lipinski definition) is 1. The molecule has 0 saturated carbocycles. The van der Waals surface area contributed by atoms with Gasteiger partial charge in [0.25, 0.3) is 0 Å². The summed E-state index contributed by atoms with van der Waals surface area (Å²) in [6, 6.07) is 10.9. The first-order valence-electron chi connectivity index (χ1n) is 10.7. The van der Waals surface area contributed by atoms with E-state index in [1.165, 1.54) is 4.90 Å². The Labute approximate surface area is 185 Å². The molecule has 6 rings (SSSR count). The molecular weight excluding hydrogens is 414 g/mol. The zero-order valence-electron chi connectivity index (χ0n) is 17.3. The number of fused-ring (bicyclic) bond motifs is 7. The molecule has 0 aromatic heterocycles. The van der Waals surface area contributed by atoms with E-state index in [4.69, 9.17) is 11.6 Å². The van der Waals surface area contributed by atoms with Gasteiger partial charge in [-0.1, -0.05) is 35.9 Å². The summed E-state index contributed by atoms with van der Waals surface area (Å²) in [4.78, 5) is 44.8. The number of carbonyl (C=O) groups excluding carboxylic acids is 3. The van der Waals surface area contributed by atoms with Crippen molar-refractivity contribution in [1.29, 1.82) is 0 Å². The third-order valence-electron chi connectivity index (χ3n) is 7.72. The Morgan fingerprint density at radius 2 is 1.84 bits per heavy atom. The van der Waals surface area contributed by atoms with E-state index in [1.54, 1.807) is 18.2 Å². The van der Waals surface area contributed by atoms with Crippen molar-refractivity contribution in [2.24, 2.45) is 11.8 Å². The Balaban J connectivity index is 1.58. The molecule has 4 aliphatic rings. The fourth-order valence-electron chi connectivity index (χ4n) is 6.45. The number of anilines is 2. The van der Waals surface area contributed by atoms with Crippen LogP contribution in [0.5, 0.6) is 0 Å². The minimum atomic E-state index is -1.14. The molecule has 1 spiro atoms. The third kappa shape index (κ3) is 2.10. The largest absolute Gasteiger partial charge is 0.324 e. The average Bonchev–Trinajstić information content (AvgIpc) is 3.44. The van der Waals surface area contributed by atoms with E-state index >= 15 is 0 Å². The van der Waals surface area contributed by atoms with Crippen LogP contribution < -0.4 is 10.2 Å². The lowest BCUT2D eigenvalue weighted by Gasteiger charge is -2.36. The van der Waals surface area contributed by atoms with Gasteiger partial charge in [-0.15, -0.1) is 0 Å². The van der Waals surface area contributed by atoms with Gasteiger partial charge in [0.2, 0.25) is 17.7 Å². The van der Waals surface area contributed by atoms with Crippen LogP contribution in [0.4, 0.5) is 11.4 Å². The van der Waals surface area contributed by atoms with Gasteiger partial charge in [-0.25, -0.2) is 4.90 Å². The van der Waals surface area contributed by atoms with Crippen molar-refractivity contribution in [3.05, 3.63) is 58.1 Å². The van der Waals surface area contributed by atoms with Crippen molar-refractivity contribution in [2.45, 2.75) is 38.3 Å². The fraction of sp³-hybridized carbons (Fsp3) is 0.375. The molecule has 3 fully saturated rings.